The van der Waals surface area contributed by atoms with Gasteiger partial charge in [-0.3, -0.25) is 0 Å². The third-order valence-corrected chi connectivity index (χ3v) is 3.25. The van der Waals surface area contributed by atoms with Crippen molar-refractivity contribution in [2.45, 2.75) is 18.8 Å². The van der Waals surface area contributed by atoms with Crippen LogP contribution < -0.4 is 0 Å². The lowest BCUT2D eigenvalue weighted by Gasteiger charge is -2.05. The quantitative estimate of drug-likeness (QED) is 0.911. The number of hydrogen-bond donors (Lipinski definition) is 1. The molecule has 7 nitrogen and oxygen atoms in total. The van der Waals surface area contributed by atoms with Crippen LogP contribution in [0.2, 0.25) is 0 Å². The highest BCUT2D eigenvalue weighted by Gasteiger charge is 2.31. The molecule has 0 saturated heterocycles. The molecule has 7 heteroatoms. The summed E-state index contributed by atoms with van der Waals surface area (Å²) in [6.45, 7) is 0. The fraction of sp³-hybridized carbons (Fsp3) is 0.214. The molecule has 1 aliphatic rings. The molecule has 1 heterocycles. The highest BCUT2D eigenvalue weighted by Crippen LogP contribution is 2.39. The second kappa shape index (κ2) is 4.73. The predicted octanol–water partition coefficient (Wildman–Crippen LogP) is 1.59. The molecule has 1 aromatic carbocycles. The van der Waals surface area contributed by atoms with Crippen LogP contribution in [-0.2, 0) is 0 Å². The van der Waals surface area contributed by atoms with Gasteiger partial charge in [0.1, 0.15) is 18.0 Å². The first kappa shape index (κ1) is 12.8. The maximum Gasteiger partial charge on any atom is 0.375 e. The molecule has 0 unspecified atom stereocenters. The Bertz CT molecular complexity index is 821. The van der Waals surface area contributed by atoms with Gasteiger partial charge in [0.25, 0.3) is 5.82 Å². The number of carbonyl (C=O) groups is 1. The summed E-state index contributed by atoms with van der Waals surface area (Å²) in [6, 6.07) is 8.56. The van der Waals surface area contributed by atoms with Crippen LogP contribution in [0.4, 0.5) is 0 Å². The number of hydrogen-bond acceptors (Lipinski definition) is 5. The van der Waals surface area contributed by atoms with Crippen LogP contribution in [0.1, 0.15) is 46.3 Å². The van der Waals surface area contributed by atoms with Crippen molar-refractivity contribution in [1.29, 1.82) is 10.5 Å². The fourth-order valence-electron chi connectivity index (χ4n) is 2.06. The molecule has 0 bridgehead atoms. The van der Waals surface area contributed by atoms with E-state index in [1.165, 1.54) is 16.8 Å². The number of nitriles is 2. The minimum atomic E-state index is -1.19. The van der Waals surface area contributed by atoms with E-state index in [1.807, 2.05) is 12.1 Å². The van der Waals surface area contributed by atoms with E-state index in [0.717, 1.165) is 12.8 Å². The Morgan fingerprint density at radius 2 is 2.00 bits per heavy atom. The van der Waals surface area contributed by atoms with Gasteiger partial charge >= 0.3 is 5.97 Å². The maximum absolute atomic E-state index is 11.0. The second-order valence-corrected chi connectivity index (χ2v) is 4.74. The third-order valence-electron chi connectivity index (χ3n) is 3.25. The van der Waals surface area contributed by atoms with Gasteiger partial charge in [-0.2, -0.15) is 10.5 Å². The van der Waals surface area contributed by atoms with Crippen LogP contribution in [0, 0.1) is 22.7 Å². The van der Waals surface area contributed by atoms with E-state index < -0.39 is 5.97 Å². The molecule has 1 aliphatic carbocycles. The summed E-state index contributed by atoms with van der Waals surface area (Å²) in [5, 5.41) is 31.0. The molecular formula is C14H9N5O2. The lowest BCUT2D eigenvalue weighted by molar-refractivity contribution is 0.0683. The van der Waals surface area contributed by atoms with Crippen molar-refractivity contribution in [3.05, 3.63) is 41.0 Å². The predicted molar refractivity (Wildman–Crippen MR) is 69.7 cm³/mol. The van der Waals surface area contributed by atoms with Crippen molar-refractivity contribution in [2.24, 2.45) is 0 Å². The summed E-state index contributed by atoms with van der Waals surface area (Å²) in [5.41, 5.74) is 1.03. The maximum atomic E-state index is 11.0. The van der Waals surface area contributed by atoms with Gasteiger partial charge in [0, 0.05) is 5.92 Å². The largest absolute Gasteiger partial charge is 0.475 e. The Morgan fingerprint density at radius 3 is 2.57 bits per heavy atom. The summed E-state index contributed by atoms with van der Waals surface area (Å²) < 4.78 is 1.45. The van der Waals surface area contributed by atoms with E-state index in [0.29, 0.717) is 11.5 Å². The van der Waals surface area contributed by atoms with Crippen LogP contribution in [0.3, 0.4) is 0 Å². The minimum absolute atomic E-state index is 0.201. The number of benzene rings is 1. The molecule has 0 amide bonds. The zero-order chi connectivity index (χ0) is 15.0. The molecule has 3 rings (SSSR count). The van der Waals surface area contributed by atoms with Crippen molar-refractivity contribution in [2.75, 3.05) is 0 Å². The van der Waals surface area contributed by atoms with E-state index in [1.54, 1.807) is 6.07 Å². The average Bonchev–Trinajstić information content (AvgIpc) is 3.24. The molecule has 1 aromatic heterocycles. The number of carboxylic acid groups (broad SMARTS) is 1. The molecule has 1 fully saturated rings. The molecule has 102 valence electrons. The van der Waals surface area contributed by atoms with Crippen molar-refractivity contribution >= 4 is 5.97 Å². The molecule has 21 heavy (non-hydrogen) atoms. The number of carboxylic acids is 1. The Balaban J connectivity index is 2.14. The van der Waals surface area contributed by atoms with Crippen molar-refractivity contribution in [3.8, 4) is 17.8 Å². The van der Waals surface area contributed by atoms with Gasteiger partial charge in [-0.1, -0.05) is 0 Å². The highest BCUT2D eigenvalue weighted by atomic mass is 16.4. The smallest absolute Gasteiger partial charge is 0.375 e. The molecule has 0 atom stereocenters. The van der Waals surface area contributed by atoms with Gasteiger partial charge in [-0.15, -0.1) is 5.10 Å². The van der Waals surface area contributed by atoms with Gasteiger partial charge in [0.05, 0.1) is 16.8 Å². The molecular weight excluding hydrogens is 270 g/mol. The SMILES string of the molecule is N#Cc1ccc(-n2nc(C(=O)O)nc2C2CC2)cc1C#N. The number of aromatic nitrogens is 3. The van der Waals surface area contributed by atoms with Crippen molar-refractivity contribution in [3.63, 3.8) is 0 Å². The first-order valence-electron chi connectivity index (χ1n) is 6.29. The zero-order valence-electron chi connectivity index (χ0n) is 10.8. The molecule has 0 radical (unpaired) electrons. The lowest BCUT2D eigenvalue weighted by Crippen LogP contribution is -2.04. The first-order valence-corrected chi connectivity index (χ1v) is 6.29. The number of rotatable bonds is 3. The normalized spacial score (nSPS) is 13.4. The van der Waals surface area contributed by atoms with Crippen LogP contribution in [0.15, 0.2) is 18.2 Å². The van der Waals surface area contributed by atoms with Crippen molar-refractivity contribution < 1.29 is 9.90 Å². The van der Waals surface area contributed by atoms with E-state index in [-0.39, 0.29) is 22.9 Å². The molecule has 0 aliphatic heterocycles. The Morgan fingerprint density at radius 1 is 1.29 bits per heavy atom. The minimum Gasteiger partial charge on any atom is -0.475 e. The lowest BCUT2D eigenvalue weighted by atomic mass is 10.1. The highest BCUT2D eigenvalue weighted by molar-refractivity contribution is 5.83. The van der Waals surface area contributed by atoms with Gasteiger partial charge < -0.3 is 5.11 Å². The summed E-state index contributed by atoms with van der Waals surface area (Å²) in [5.74, 6) is -0.669. The summed E-state index contributed by atoms with van der Waals surface area (Å²) in [7, 11) is 0. The van der Waals surface area contributed by atoms with Crippen LogP contribution in [0.5, 0.6) is 0 Å². The van der Waals surface area contributed by atoms with Gasteiger partial charge in [0.2, 0.25) is 0 Å². The van der Waals surface area contributed by atoms with E-state index in [9.17, 15) is 4.79 Å². The molecule has 0 spiro atoms. The van der Waals surface area contributed by atoms with E-state index in [4.69, 9.17) is 15.6 Å². The standard InChI is InChI=1S/C14H9N5O2/c15-6-9-3-4-11(5-10(9)7-16)19-13(8-1-2-8)17-12(18-19)14(20)21/h3-5,8H,1-2H2,(H,20,21). The van der Waals surface area contributed by atoms with Gasteiger partial charge in [-0.25, -0.2) is 14.5 Å². The fourth-order valence-corrected chi connectivity index (χ4v) is 2.06. The van der Waals surface area contributed by atoms with Gasteiger partial charge in [-0.05, 0) is 31.0 Å². The molecule has 1 N–H and O–H groups in total. The van der Waals surface area contributed by atoms with Crippen LogP contribution in [-0.4, -0.2) is 25.8 Å². The third kappa shape index (κ3) is 2.21. The Hall–Kier alpha value is -3.19. The van der Waals surface area contributed by atoms with Crippen molar-refractivity contribution in [1.82, 2.24) is 14.8 Å². The Kier molecular flexibility index (Phi) is 2.89. The van der Waals surface area contributed by atoms with E-state index in [2.05, 4.69) is 10.1 Å². The summed E-state index contributed by atoms with van der Waals surface area (Å²) >= 11 is 0. The first-order chi connectivity index (χ1) is 10.1. The summed E-state index contributed by atoms with van der Waals surface area (Å²) in [4.78, 5) is 15.1. The average molecular weight is 279 g/mol. The van der Waals surface area contributed by atoms with Crippen LogP contribution >= 0.6 is 0 Å². The Labute approximate surface area is 119 Å². The number of aromatic carboxylic acids is 1. The number of nitrogens with zero attached hydrogens (tertiary/aromatic N) is 5. The van der Waals surface area contributed by atoms with E-state index >= 15 is 0 Å². The summed E-state index contributed by atoms with van der Waals surface area (Å²) in [6.07, 6.45) is 1.89. The monoisotopic (exact) mass is 279 g/mol. The topological polar surface area (TPSA) is 116 Å². The van der Waals surface area contributed by atoms with Crippen LogP contribution in [0.25, 0.3) is 5.69 Å². The molecule has 1 saturated carbocycles. The second-order valence-electron chi connectivity index (χ2n) is 4.74. The zero-order valence-corrected chi connectivity index (χ0v) is 10.8. The van der Waals surface area contributed by atoms with Gasteiger partial charge in [0.15, 0.2) is 0 Å². The molecule has 2 aromatic rings.